The van der Waals surface area contributed by atoms with Gasteiger partial charge < -0.3 is 9.84 Å². The van der Waals surface area contributed by atoms with Crippen LogP contribution in [0.25, 0.3) is 10.1 Å². The number of aliphatic hydroxyl groups excluding tert-OH is 1. The Morgan fingerprint density at radius 2 is 2.21 bits per heavy atom. The average Bonchev–Trinajstić information content (AvgIpc) is 2.55. The third-order valence-corrected chi connectivity index (χ3v) is 3.62. The highest BCUT2D eigenvalue weighted by Crippen LogP contribution is 2.36. The molecule has 2 aromatic rings. The smallest absolute Gasteiger partial charge is 0.127 e. The van der Waals surface area contributed by atoms with Gasteiger partial charge in [0.2, 0.25) is 0 Å². The van der Waals surface area contributed by atoms with E-state index in [4.69, 9.17) is 9.84 Å². The lowest BCUT2D eigenvalue weighted by Gasteiger charge is -2.02. The maximum Gasteiger partial charge on any atom is 0.127 e. The summed E-state index contributed by atoms with van der Waals surface area (Å²) in [6.45, 7) is 2.13. The molecule has 0 saturated carbocycles. The van der Waals surface area contributed by atoms with Crippen LogP contribution in [-0.4, -0.2) is 12.2 Å². The summed E-state index contributed by atoms with van der Waals surface area (Å²) in [7, 11) is 1.67. The van der Waals surface area contributed by atoms with Crippen molar-refractivity contribution < 1.29 is 9.84 Å². The van der Waals surface area contributed by atoms with Crippen LogP contribution in [-0.2, 0) is 6.61 Å². The molecule has 0 unspecified atom stereocenters. The number of rotatable bonds is 2. The van der Waals surface area contributed by atoms with Crippen LogP contribution in [0.5, 0.6) is 5.75 Å². The molecule has 1 aromatic heterocycles. The maximum atomic E-state index is 9.15. The lowest BCUT2D eigenvalue weighted by Crippen LogP contribution is -1.85. The summed E-state index contributed by atoms with van der Waals surface area (Å²) in [5, 5.41) is 10.3. The minimum Gasteiger partial charge on any atom is -0.496 e. The molecule has 1 N–H and O–H groups in total. The van der Waals surface area contributed by atoms with Gasteiger partial charge in [-0.2, -0.15) is 0 Å². The van der Waals surface area contributed by atoms with Gasteiger partial charge in [-0.25, -0.2) is 0 Å². The van der Waals surface area contributed by atoms with E-state index in [9.17, 15) is 0 Å². The molecule has 0 radical (unpaired) electrons. The van der Waals surface area contributed by atoms with Gasteiger partial charge in [0.15, 0.2) is 0 Å². The molecule has 2 rings (SSSR count). The van der Waals surface area contributed by atoms with Crippen LogP contribution >= 0.6 is 11.3 Å². The number of benzene rings is 1. The van der Waals surface area contributed by atoms with Crippen LogP contribution in [0.4, 0.5) is 0 Å². The molecule has 3 heteroatoms. The zero-order valence-electron chi connectivity index (χ0n) is 8.20. The first-order valence-corrected chi connectivity index (χ1v) is 5.25. The number of ether oxygens (including phenoxy) is 1. The molecular weight excluding hydrogens is 196 g/mol. The van der Waals surface area contributed by atoms with Crippen LogP contribution in [0, 0.1) is 6.92 Å². The molecule has 0 atom stereocenters. The van der Waals surface area contributed by atoms with Crippen LogP contribution in [0.1, 0.15) is 10.4 Å². The number of methoxy groups -OCH3 is 1. The van der Waals surface area contributed by atoms with E-state index in [1.54, 1.807) is 18.4 Å². The van der Waals surface area contributed by atoms with Crippen LogP contribution in [0.3, 0.4) is 0 Å². The lowest BCUT2D eigenvalue weighted by atomic mass is 10.1. The molecule has 0 aliphatic rings. The molecule has 0 aliphatic carbocycles. The van der Waals surface area contributed by atoms with Gasteiger partial charge in [0, 0.05) is 15.0 Å². The predicted molar refractivity (Wildman–Crippen MR) is 59.0 cm³/mol. The number of aliphatic hydroxyl groups is 1. The van der Waals surface area contributed by atoms with Crippen molar-refractivity contribution in [3.05, 3.63) is 28.6 Å². The van der Waals surface area contributed by atoms with E-state index in [0.717, 1.165) is 21.6 Å². The van der Waals surface area contributed by atoms with Crippen molar-refractivity contribution in [3.63, 3.8) is 0 Å². The van der Waals surface area contributed by atoms with Crippen molar-refractivity contribution >= 4 is 21.4 Å². The summed E-state index contributed by atoms with van der Waals surface area (Å²) in [6, 6.07) is 5.97. The third kappa shape index (κ3) is 1.29. The van der Waals surface area contributed by atoms with Gasteiger partial charge >= 0.3 is 0 Å². The van der Waals surface area contributed by atoms with Crippen LogP contribution in [0.15, 0.2) is 18.2 Å². The Morgan fingerprint density at radius 3 is 2.86 bits per heavy atom. The number of hydrogen-bond donors (Lipinski definition) is 1. The van der Waals surface area contributed by atoms with Crippen LogP contribution < -0.4 is 4.74 Å². The molecule has 1 aromatic carbocycles. The molecule has 2 nitrogen and oxygen atoms in total. The zero-order chi connectivity index (χ0) is 10.1. The van der Waals surface area contributed by atoms with E-state index in [1.807, 2.05) is 19.1 Å². The molecule has 0 aliphatic heterocycles. The molecule has 14 heavy (non-hydrogen) atoms. The van der Waals surface area contributed by atoms with Gasteiger partial charge in [0.05, 0.1) is 13.7 Å². The second-order valence-electron chi connectivity index (χ2n) is 3.14. The summed E-state index contributed by atoms with van der Waals surface area (Å²) < 4.78 is 6.46. The summed E-state index contributed by atoms with van der Waals surface area (Å²) in [5.41, 5.74) is 1.13. The Kier molecular flexibility index (Phi) is 2.44. The monoisotopic (exact) mass is 208 g/mol. The molecule has 0 amide bonds. The minimum absolute atomic E-state index is 0.105. The predicted octanol–water partition coefficient (Wildman–Crippen LogP) is 2.71. The maximum absolute atomic E-state index is 9.15. The summed E-state index contributed by atoms with van der Waals surface area (Å²) in [6.07, 6.45) is 0. The highest BCUT2D eigenvalue weighted by molar-refractivity contribution is 7.19. The Labute approximate surface area is 86.8 Å². The fourth-order valence-corrected chi connectivity index (χ4v) is 2.72. The number of hydrogen-bond acceptors (Lipinski definition) is 3. The minimum atomic E-state index is 0.105. The third-order valence-electron chi connectivity index (χ3n) is 2.38. The lowest BCUT2D eigenvalue weighted by molar-refractivity contribution is 0.285. The van der Waals surface area contributed by atoms with E-state index >= 15 is 0 Å². The molecule has 74 valence electrons. The van der Waals surface area contributed by atoms with E-state index in [1.165, 1.54) is 4.70 Å². The highest BCUT2D eigenvalue weighted by Gasteiger charge is 2.10. The average molecular weight is 208 g/mol. The largest absolute Gasteiger partial charge is 0.496 e. The second-order valence-corrected chi connectivity index (χ2v) is 4.28. The highest BCUT2D eigenvalue weighted by atomic mass is 32.1. The summed E-state index contributed by atoms with van der Waals surface area (Å²) in [5.74, 6) is 0.885. The first-order chi connectivity index (χ1) is 6.77. The van der Waals surface area contributed by atoms with Gasteiger partial charge in [0.25, 0.3) is 0 Å². The van der Waals surface area contributed by atoms with Gasteiger partial charge in [-0.1, -0.05) is 6.07 Å². The second kappa shape index (κ2) is 3.59. The van der Waals surface area contributed by atoms with Crippen molar-refractivity contribution in [2.24, 2.45) is 0 Å². The number of thiophene rings is 1. The van der Waals surface area contributed by atoms with Gasteiger partial charge in [-0.3, -0.25) is 0 Å². The topological polar surface area (TPSA) is 29.5 Å². The number of fused-ring (bicyclic) bond motifs is 1. The SMILES string of the molecule is COc1cccc2sc(CO)c(C)c12. The first-order valence-electron chi connectivity index (χ1n) is 4.43. The Hall–Kier alpha value is -1.06. The van der Waals surface area contributed by atoms with E-state index < -0.39 is 0 Å². The molecule has 0 bridgehead atoms. The normalized spacial score (nSPS) is 10.8. The zero-order valence-corrected chi connectivity index (χ0v) is 9.02. The molecule has 1 heterocycles. The van der Waals surface area contributed by atoms with Crippen molar-refractivity contribution in [1.82, 2.24) is 0 Å². The molecule has 0 fully saturated rings. The Morgan fingerprint density at radius 1 is 1.43 bits per heavy atom. The number of aryl methyl sites for hydroxylation is 1. The van der Waals surface area contributed by atoms with Gasteiger partial charge in [-0.05, 0) is 24.6 Å². The summed E-state index contributed by atoms with van der Waals surface area (Å²) >= 11 is 1.62. The summed E-state index contributed by atoms with van der Waals surface area (Å²) in [4.78, 5) is 1.02. The van der Waals surface area contributed by atoms with E-state index in [2.05, 4.69) is 6.07 Å². The molecule has 0 saturated heterocycles. The van der Waals surface area contributed by atoms with Crippen molar-refractivity contribution in [1.29, 1.82) is 0 Å². The standard InChI is InChI=1S/C11H12O2S/c1-7-10(6-12)14-9-5-3-4-8(13-2)11(7)9/h3-5,12H,6H2,1-2H3. The molecular formula is C11H12O2S. The van der Waals surface area contributed by atoms with Gasteiger partial charge in [0.1, 0.15) is 5.75 Å². The van der Waals surface area contributed by atoms with Gasteiger partial charge in [-0.15, -0.1) is 11.3 Å². The Balaban J connectivity index is 2.79. The first kappa shape index (κ1) is 9.49. The fourth-order valence-electron chi connectivity index (χ4n) is 1.64. The van der Waals surface area contributed by atoms with Crippen molar-refractivity contribution in [2.75, 3.05) is 7.11 Å². The van der Waals surface area contributed by atoms with E-state index in [0.29, 0.717) is 0 Å². The van der Waals surface area contributed by atoms with Crippen molar-refractivity contribution in [3.8, 4) is 5.75 Å². The van der Waals surface area contributed by atoms with E-state index in [-0.39, 0.29) is 6.61 Å². The quantitative estimate of drug-likeness (QED) is 0.822. The van der Waals surface area contributed by atoms with Crippen molar-refractivity contribution in [2.45, 2.75) is 13.5 Å². The fraction of sp³-hybridized carbons (Fsp3) is 0.273. The Bertz CT molecular complexity index is 460. The van der Waals surface area contributed by atoms with Crippen LogP contribution in [0.2, 0.25) is 0 Å². The molecule has 0 spiro atoms.